The van der Waals surface area contributed by atoms with Crippen molar-refractivity contribution in [2.45, 2.75) is 62.1 Å². The molecule has 2 aromatic heterocycles. The first kappa shape index (κ1) is 27.8. The summed E-state index contributed by atoms with van der Waals surface area (Å²) in [7, 11) is 0. The Morgan fingerprint density at radius 1 is 1.07 bits per heavy atom. The van der Waals surface area contributed by atoms with E-state index >= 15 is 8.78 Å². The summed E-state index contributed by atoms with van der Waals surface area (Å²) in [4.78, 5) is 17.6. The highest BCUT2D eigenvalue weighted by Crippen LogP contribution is 2.69. The van der Waals surface area contributed by atoms with E-state index < -0.39 is 34.2 Å². The fourth-order valence-electron chi connectivity index (χ4n) is 7.96. The molecule has 4 aliphatic heterocycles. The Balaban J connectivity index is 1.21. The Hall–Kier alpha value is -2.67. The standard InChI is InChI=1S/C29H29Cl2F4N7O/c30-17-6-18(31)22(36)19(20(17)32)24-21(33)23-16(7-37-24)25(41-8-14-2-3-15(9-41)38-14)40-26(39-23)43-13-28-4-1-5-42(28)12-27(10-28)11-29(27,34)35/h6-7,14-15,38H,1-5,8-13,36H2/t14-,15+,27-,28-/m0/s1. The minimum absolute atomic E-state index is 0.0395. The molecule has 14 heteroatoms. The summed E-state index contributed by atoms with van der Waals surface area (Å²) in [5, 5.41) is 3.54. The second-order valence-electron chi connectivity index (χ2n) is 12.9. The minimum atomic E-state index is -2.66. The first-order valence-electron chi connectivity index (χ1n) is 14.6. The van der Waals surface area contributed by atoms with Crippen LogP contribution in [0.2, 0.25) is 10.0 Å². The fraction of sp³-hybridized carbons (Fsp3) is 0.552. The Bertz CT molecular complexity index is 1640. The predicted octanol–water partition coefficient (Wildman–Crippen LogP) is 5.44. The molecule has 1 aromatic carbocycles. The summed E-state index contributed by atoms with van der Waals surface area (Å²) in [6, 6.07) is 1.59. The summed E-state index contributed by atoms with van der Waals surface area (Å²) >= 11 is 12.2. The van der Waals surface area contributed by atoms with Crippen LogP contribution in [0.5, 0.6) is 6.01 Å². The number of rotatable bonds is 5. The quantitative estimate of drug-likeness (QED) is 0.217. The SMILES string of the molecule is Nc1c(Cl)cc(Cl)c(F)c1-c1ncc2c(N3C[C@H]4CC[C@@H](C3)N4)nc(OC[C@@]34CCCN3C[C@@]3(CC3(F)F)C4)nc2c1F. The van der Waals surface area contributed by atoms with Crippen molar-refractivity contribution >= 4 is 45.6 Å². The Labute approximate surface area is 254 Å². The zero-order valence-corrected chi connectivity index (χ0v) is 24.6. The first-order valence-corrected chi connectivity index (χ1v) is 15.3. The number of nitrogens with zero attached hydrogens (tertiary/aromatic N) is 5. The maximum absolute atomic E-state index is 16.4. The van der Waals surface area contributed by atoms with Gasteiger partial charge < -0.3 is 20.7 Å². The molecule has 0 unspecified atom stereocenters. The van der Waals surface area contributed by atoms with E-state index in [1.54, 1.807) is 0 Å². The van der Waals surface area contributed by atoms with Gasteiger partial charge >= 0.3 is 6.01 Å². The molecule has 2 bridgehead atoms. The number of anilines is 2. The van der Waals surface area contributed by atoms with Gasteiger partial charge in [-0.3, -0.25) is 9.88 Å². The number of ether oxygens (including phenoxy) is 1. The number of pyridine rings is 1. The Kier molecular flexibility index (Phi) is 6.10. The van der Waals surface area contributed by atoms with E-state index in [0.29, 0.717) is 37.3 Å². The van der Waals surface area contributed by atoms with Gasteiger partial charge in [-0.1, -0.05) is 23.2 Å². The average Bonchev–Trinajstić information content (AvgIpc) is 3.30. The van der Waals surface area contributed by atoms with Crippen molar-refractivity contribution < 1.29 is 22.3 Å². The van der Waals surface area contributed by atoms with Gasteiger partial charge in [-0.25, -0.2) is 17.6 Å². The molecular formula is C29H29Cl2F4N7O. The molecule has 1 spiro atoms. The molecule has 43 heavy (non-hydrogen) atoms. The third kappa shape index (κ3) is 4.19. The van der Waals surface area contributed by atoms with Crippen LogP contribution < -0.4 is 20.7 Å². The van der Waals surface area contributed by atoms with Gasteiger partial charge in [0.05, 0.1) is 37.6 Å². The number of hydrogen-bond acceptors (Lipinski definition) is 8. The number of benzene rings is 1. The fourth-order valence-corrected chi connectivity index (χ4v) is 8.43. The zero-order valence-electron chi connectivity index (χ0n) is 23.1. The van der Waals surface area contributed by atoms with Crippen molar-refractivity contribution in [1.82, 2.24) is 25.2 Å². The van der Waals surface area contributed by atoms with E-state index in [9.17, 15) is 8.78 Å². The van der Waals surface area contributed by atoms with E-state index in [4.69, 9.17) is 38.7 Å². The van der Waals surface area contributed by atoms with Crippen LogP contribution in [0.3, 0.4) is 0 Å². The highest BCUT2D eigenvalue weighted by atomic mass is 35.5. The third-order valence-corrected chi connectivity index (χ3v) is 10.8. The zero-order chi connectivity index (χ0) is 29.9. The van der Waals surface area contributed by atoms with Crippen LogP contribution in [-0.2, 0) is 0 Å². The van der Waals surface area contributed by atoms with E-state index in [1.165, 1.54) is 6.20 Å². The van der Waals surface area contributed by atoms with Gasteiger partial charge in [-0.2, -0.15) is 9.97 Å². The second kappa shape index (κ2) is 9.42. The molecule has 3 N–H and O–H groups in total. The molecule has 1 aliphatic carbocycles. The minimum Gasteiger partial charge on any atom is -0.461 e. The number of alkyl halides is 2. The van der Waals surface area contributed by atoms with E-state index in [1.807, 2.05) is 0 Å². The molecule has 4 saturated heterocycles. The monoisotopic (exact) mass is 637 g/mol. The second-order valence-corrected chi connectivity index (χ2v) is 13.7. The Morgan fingerprint density at radius 3 is 2.53 bits per heavy atom. The maximum Gasteiger partial charge on any atom is 0.319 e. The van der Waals surface area contributed by atoms with Crippen molar-refractivity contribution in [3.05, 3.63) is 33.9 Å². The molecule has 0 radical (unpaired) electrons. The van der Waals surface area contributed by atoms with Crippen LogP contribution in [0, 0.1) is 17.0 Å². The van der Waals surface area contributed by atoms with Crippen molar-refractivity contribution in [3.63, 3.8) is 0 Å². The van der Waals surface area contributed by atoms with Crippen LogP contribution in [0.25, 0.3) is 22.2 Å². The van der Waals surface area contributed by atoms with Crippen molar-refractivity contribution in [3.8, 4) is 17.3 Å². The van der Waals surface area contributed by atoms with E-state index in [0.717, 1.165) is 38.3 Å². The van der Waals surface area contributed by atoms with Crippen LogP contribution in [-0.4, -0.2) is 76.2 Å². The number of nitrogens with one attached hydrogen (secondary N) is 1. The lowest BCUT2D eigenvalue weighted by atomic mass is 9.89. The molecule has 8 nitrogen and oxygen atoms in total. The molecule has 5 fully saturated rings. The van der Waals surface area contributed by atoms with Gasteiger partial charge in [0.25, 0.3) is 5.92 Å². The number of fused-ring (bicyclic) bond motifs is 4. The molecule has 8 rings (SSSR count). The molecule has 0 amide bonds. The number of aromatic nitrogens is 3. The summed E-state index contributed by atoms with van der Waals surface area (Å²) in [6.07, 6.45) is 5.28. The smallest absolute Gasteiger partial charge is 0.319 e. The van der Waals surface area contributed by atoms with E-state index in [-0.39, 0.29) is 57.9 Å². The lowest BCUT2D eigenvalue weighted by molar-refractivity contribution is 0.0647. The van der Waals surface area contributed by atoms with Crippen LogP contribution in [0.4, 0.5) is 29.1 Å². The molecule has 4 atom stereocenters. The maximum atomic E-state index is 16.4. The van der Waals surface area contributed by atoms with E-state index in [2.05, 4.69) is 25.1 Å². The van der Waals surface area contributed by atoms with Gasteiger partial charge in [0.15, 0.2) is 11.6 Å². The Morgan fingerprint density at radius 2 is 1.81 bits per heavy atom. The normalized spacial score (nSPS) is 30.9. The van der Waals surface area contributed by atoms with Crippen LogP contribution in [0.15, 0.2) is 12.3 Å². The molecule has 5 aliphatic rings. The lowest BCUT2D eigenvalue weighted by Gasteiger charge is -2.34. The summed E-state index contributed by atoms with van der Waals surface area (Å²) in [5.41, 5.74) is 3.43. The van der Waals surface area contributed by atoms with Gasteiger partial charge in [0.1, 0.15) is 23.6 Å². The van der Waals surface area contributed by atoms with Crippen molar-refractivity contribution in [2.75, 3.05) is 43.4 Å². The predicted molar refractivity (Wildman–Crippen MR) is 155 cm³/mol. The number of halogens is 6. The summed E-state index contributed by atoms with van der Waals surface area (Å²) < 4.78 is 66.5. The highest BCUT2D eigenvalue weighted by Gasteiger charge is 2.77. The topological polar surface area (TPSA) is 92.4 Å². The molecule has 1 saturated carbocycles. The number of hydrogen-bond donors (Lipinski definition) is 2. The summed E-state index contributed by atoms with van der Waals surface area (Å²) in [5.74, 6) is -4.09. The van der Waals surface area contributed by atoms with Crippen LogP contribution >= 0.6 is 23.2 Å². The molecule has 228 valence electrons. The third-order valence-electron chi connectivity index (χ3n) is 10.2. The average molecular weight is 638 g/mol. The van der Waals surface area contributed by atoms with Crippen molar-refractivity contribution in [1.29, 1.82) is 0 Å². The largest absolute Gasteiger partial charge is 0.461 e. The van der Waals surface area contributed by atoms with Crippen LogP contribution in [0.1, 0.15) is 38.5 Å². The summed E-state index contributed by atoms with van der Waals surface area (Å²) in [6.45, 7) is 2.47. The number of nitrogen functional groups attached to an aromatic ring is 1. The number of piperazine rings is 1. The first-order chi connectivity index (χ1) is 20.5. The molecule has 6 heterocycles. The molecular weight excluding hydrogens is 609 g/mol. The number of nitrogens with two attached hydrogens (primary N) is 1. The van der Waals surface area contributed by atoms with Gasteiger partial charge in [-0.05, 0) is 44.7 Å². The molecule has 3 aromatic rings. The lowest BCUT2D eigenvalue weighted by Crippen LogP contribution is -2.51. The van der Waals surface area contributed by atoms with Crippen molar-refractivity contribution in [2.24, 2.45) is 5.41 Å². The van der Waals surface area contributed by atoms with Gasteiger partial charge in [0, 0.05) is 44.3 Å². The highest BCUT2D eigenvalue weighted by molar-refractivity contribution is 6.37. The van der Waals surface area contributed by atoms with Gasteiger partial charge in [-0.15, -0.1) is 0 Å². The van der Waals surface area contributed by atoms with Gasteiger partial charge in [0.2, 0.25) is 0 Å².